The molecule has 1 aliphatic rings. The quantitative estimate of drug-likeness (QED) is 0.305. The Morgan fingerprint density at radius 3 is 2.62 bits per heavy atom. The van der Waals surface area contributed by atoms with Crippen LogP contribution in [0.25, 0.3) is 10.9 Å². The van der Waals surface area contributed by atoms with Crippen molar-refractivity contribution in [1.82, 2.24) is 4.57 Å². The highest BCUT2D eigenvalue weighted by molar-refractivity contribution is 6.35. The molecule has 0 bridgehead atoms. The molecule has 8 heteroatoms. The number of rotatable bonds is 8. The minimum absolute atomic E-state index is 0.000566. The van der Waals surface area contributed by atoms with Crippen LogP contribution >= 0.6 is 11.6 Å². The number of aromatic nitrogens is 1. The third-order valence-corrected chi connectivity index (χ3v) is 6.56. The number of esters is 1. The molecule has 3 aromatic rings. The normalized spacial score (nSPS) is 14.6. The topological polar surface area (TPSA) is 40.5 Å². The van der Waals surface area contributed by atoms with E-state index < -0.39 is 11.7 Å². The van der Waals surface area contributed by atoms with Crippen molar-refractivity contribution < 1.29 is 27.4 Å². The number of fused-ring (bicyclic) bond motifs is 1. The second-order valence-corrected chi connectivity index (χ2v) is 9.00. The molecule has 1 aliphatic carbocycles. The summed E-state index contributed by atoms with van der Waals surface area (Å²) in [4.78, 5) is 11.7. The van der Waals surface area contributed by atoms with Crippen LogP contribution in [0.4, 0.5) is 13.2 Å². The molecule has 0 aliphatic heterocycles. The van der Waals surface area contributed by atoms with Gasteiger partial charge in [0.2, 0.25) is 0 Å². The highest BCUT2D eigenvalue weighted by atomic mass is 35.5. The Bertz CT molecular complexity index is 1170. The Labute approximate surface area is 201 Å². The molecule has 4 rings (SSSR count). The summed E-state index contributed by atoms with van der Waals surface area (Å²) in [7, 11) is 0. The van der Waals surface area contributed by atoms with Crippen LogP contribution in [-0.4, -0.2) is 17.1 Å². The smallest absolute Gasteiger partial charge is 0.416 e. The van der Waals surface area contributed by atoms with Gasteiger partial charge in [0.05, 0.1) is 29.1 Å². The average molecular weight is 494 g/mol. The minimum atomic E-state index is -4.40. The summed E-state index contributed by atoms with van der Waals surface area (Å²) in [5, 5.41) is 1.26. The first-order valence-electron chi connectivity index (χ1n) is 11.5. The lowest BCUT2D eigenvalue weighted by Gasteiger charge is -2.19. The maximum absolute atomic E-state index is 13.7. The van der Waals surface area contributed by atoms with E-state index in [-0.39, 0.29) is 24.9 Å². The SMILES string of the molecule is CCOC(=O)CCn1ccc2cc(OCc3ccc(C4CCCC4)c(C(F)(F)F)c3)cc(Cl)c21. The van der Waals surface area contributed by atoms with Crippen LogP contribution in [0.1, 0.15) is 61.6 Å². The van der Waals surface area contributed by atoms with E-state index in [0.717, 1.165) is 36.6 Å². The molecular weight excluding hydrogens is 467 g/mol. The Hall–Kier alpha value is -2.67. The van der Waals surface area contributed by atoms with E-state index in [4.69, 9.17) is 21.1 Å². The maximum atomic E-state index is 13.7. The first-order chi connectivity index (χ1) is 16.3. The minimum Gasteiger partial charge on any atom is -0.489 e. The van der Waals surface area contributed by atoms with Crippen molar-refractivity contribution in [3.8, 4) is 5.75 Å². The molecule has 1 fully saturated rings. The van der Waals surface area contributed by atoms with Gasteiger partial charge in [-0.3, -0.25) is 4.79 Å². The third kappa shape index (κ3) is 5.52. The molecule has 0 amide bonds. The summed E-state index contributed by atoms with van der Waals surface area (Å²) in [6.45, 7) is 2.52. The molecule has 1 aromatic heterocycles. The van der Waals surface area contributed by atoms with Gasteiger partial charge in [-0.15, -0.1) is 0 Å². The Balaban J connectivity index is 1.49. The Morgan fingerprint density at radius 1 is 1.15 bits per heavy atom. The number of aryl methyl sites for hydroxylation is 1. The van der Waals surface area contributed by atoms with Crippen molar-refractivity contribution in [3.63, 3.8) is 0 Å². The van der Waals surface area contributed by atoms with E-state index in [1.54, 1.807) is 31.2 Å². The number of carbonyl (C=O) groups excluding carboxylic acids is 1. The fraction of sp³-hybridized carbons (Fsp3) is 0.423. The number of hydrogen-bond acceptors (Lipinski definition) is 3. The van der Waals surface area contributed by atoms with Crippen LogP contribution < -0.4 is 4.74 Å². The fourth-order valence-electron chi connectivity index (χ4n) is 4.68. The molecule has 0 atom stereocenters. The van der Waals surface area contributed by atoms with E-state index in [2.05, 4.69) is 0 Å². The van der Waals surface area contributed by atoms with Gasteiger partial charge in [-0.05, 0) is 55.0 Å². The number of ether oxygens (including phenoxy) is 2. The van der Waals surface area contributed by atoms with Gasteiger partial charge >= 0.3 is 12.1 Å². The van der Waals surface area contributed by atoms with E-state index in [0.29, 0.717) is 35.1 Å². The van der Waals surface area contributed by atoms with Crippen LogP contribution in [0.2, 0.25) is 5.02 Å². The maximum Gasteiger partial charge on any atom is 0.416 e. The Morgan fingerprint density at radius 2 is 1.91 bits per heavy atom. The van der Waals surface area contributed by atoms with Crippen LogP contribution in [-0.2, 0) is 28.9 Å². The molecule has 2 aromatic carbocycles. The average Bonchev–Trinajstić information content (AvgIpc) is 3.46. The number of alkyl halides is 3. The molecule has 0 saturated heterocycles. The zero-order valence-corrected chi connectivity index (χ0v) is 19.7. The predicted octanol–water partition coefficient (Wildman–Crippen LogP) is 7.50. The highest BCUT2D eigenvalue weighted by Gasteiger charge is 2.36. The molecule has 0 N–H and O–H groups in total. The van der Waals surface area contributed by atoms with Gasteiger partial charge in [0.25, 0.3) is 0 Å². The largest absolute Gasteiger partial charge is 0.489 e. The summed E-state index contributed by atoms with van der Waals surface area (Å²) < 4.78 is 53.9. The first kappa shape index (κ1) is 24.5. The molecule has 4 nitrogen and oxygen atoms in total. The second-order valence-electron chi connectivity index (χ2n) is 8.60. The third-order valence-electron chi connectivity index (χ3n) is 6.27. The molecule has 182 valence electrons. The van der Waals surface area contributed by atoms with Crippen LogP contribution in [0.15, 0.2) is 42.6 Å². The number of carbonyl (C=O) groups is 1. The summed E-state index contributed by atoms with van der Waals surface area (Å²) in [6, 6.07) is 9.82. The number of nitrogens with zero attached hydrogens (tertiary/aromatic N) is 1. The molecule has 0 spiro atoms. The lowest BCUT2D eigenvalue weighted by atomic mass is 9.91. The zero-order chi connectivity index (χ0) is 24.3. The van der Waals surface area contributed by atoms with E-state index in [1.807, 2.05) is 16.8 Å². The van der Waals surface area contributed by atoms with E-state index in [1.165, 1.54) is 6.07 Å². The first-order valence-corrected chi connectivity index (χ1v) is 11.9. The van der Waals surface area contributed by atoms with Gasteiger partial charge in [-0.2, -0.15) is 13.2 Å². The summed E-state index contributed by atoms with van der Waals surface area (Å²) >= 11 is 6.48. The van der Waals surface area contributed by atoms with Crippen molar-refractivity contribution >= 4 is 28.5 Å². The molecule has 34 heavy (non-hydrogen) atoms. The van der Waals surface area contributed by atoms with Crippen molar-refractivity contribution in [2.75, 3.05) is 6.61 Å². The molecular formula is C26H27ClF3NO3. The molecule has 1 heterocycles. The van der Waals surface area contributed by atoms with Crippen LogP contribution in [0.3, 0.4) is 0 Å². The van der Waals surface area contributed by atoms with Gasteiger partial charge in [0, 0.05) is 24.2 Å². The molecule has 0 radical (unpaired) electrons. The van der Waals surface area contributed by atoms with Crippen LogP contribution in [0, 0.1) is 0 Å². The lowest BCUT2D eigenvalue weighted by molar-refractivity contribution is -0.143. The van der Waals surface area contributed by atoms with E-state index in [9.17, 15) is 18.0 Å². The summed E-state index contributed by atoms with van der Waals surface area (Å²) in [5.74, 6) is 0.160. The summed E-state index contributed by atoms with van der Waals surface area (Å²) in [6.07, 6.45) is 1.21. The van der Waals surface area contributed by atoms with Gasteiger partial charge in [0.15, 0.2) is 0 Å². The van der Waals surface area contributed by atoms with Crippen molar-refractivity contribution in [3.05, 3.63) is 64.3 Å². The van der Waals surface area contributed by atoms with Gasteiger partial charge in [-0.1, -0.05) is 36.6 Å². The fourth-order valence-corrected chi connectivity index (χ4v) is 5.01. The van der Waals surface area contributed by atoms with Gasteiger partial charge in [-0.25, -0.2) is 0 Å². The predicted molar refractivity (Wildman–Crippen MR) is 125 cm³/mol. The second kappa shape index (κ2) is 10.3. The van der Waals surface area contributed by atoms with Crippen molar-refractivity contribution in [1.29, 1.82) is 0 Å². The van der Waals surface area contributed by atoms with Crippen LogP contribution in [0.5, 0.6) is 5.75 Å². The number of hydrogen-bond donors (Lipinski definition) is 0. The number of halogens is 4. The summed E-state index contributed by atoms with van der Waals surface area (Å²) in [5.41, 5.74) is 1.05. The monoisotopic (exact) mass is 493 g/mol. The van der Waals surface area contributed by atoms with Gasteiger partial charge in [0.1, 0.15) is 12.4 Å². The van der Waals surface area contributed by atoms with E-state index >= 15 is 0 Å². The molecule has 0 unspecified atom stereocenters. The Kier molecular flexibility index (Phi) is 7.41. The van der Waals surface area contributed by atoms with Gasteiger partial charge < -0.3 is 14.0 Å². The standard InChI is InChI=1S/C26H27ClF3NO3/c1-2-33-24(32)10-12-31-11-9-19-14-20(15-23(27)25(19)31)34-16-17-7-8-21(18-5-3-4-6-18)22(13-17)26(28,29)30/h7-9,11,13-15,18H,2-6,10,12,16H2,1H3. The lowest BCUT2D eigenvalue weighted by Crippen LogP contribution is -2.12. The van der Waals surface area contributed by atoms with Crippen molar-refractivity contribution in [2.45, 2.75) is 64.3 Å². The zero-order valence-electron chi connectivity index (χ0n) is 19.0. The highest BCUT2D eigenvalue weighted by Crippen LogP contribution is 2.42. The van der Waals surface area contributed by atoms with Crippen molar-refractivity contribution in [2.24, 2.45) is 0 Å². The number of benzene rings is 2. The molecule has 1 saturated carbocycles.